The summed E-state index contributed by atoms with van der Waals surface area (Å²) in [5.74, 6) is 1.59. The van der Waals surface area contributed by atoms with E-state index in [0.29, 0.717) is 12.6 Å². The van der Waals surface area contributed by atoms with Crippen molar-refractivity contribution in [3.63, 3.8) is 0 Å². The highest BCUT2D eigenvalue weighted by Crippen LogP contribution is 2.21. The standard InChI is InChI=1S/C21H27N7O/c1-15-6-7-20(29)28(26-15)12-11-27-10-4-3-5-17(27)13-23-21-18-8-9-22-14-19(18)24-16(2)25-21/h6-9,14,17H,3-5,10-13H2,1-2H3,(H,23,24,25). The Labute approximate surface area is 170 Å². The molecule has 152 valence electrons. The first-order valence-electron chi connectivity index (χ1n) is 10.2. The van der Waals surface area contributed by atoms with Crippen molar-refractivity contribution < 1.29 is 0 Å². The molecule has 1 aliphatic heterocycles. The molecule has 0 radical (unpaired) electrons. The van der Waals surface area contributed by atoms with E-state index < -0.39 is 0 Å². The van der Waals surface area contributed by atoms with E-state index in [0.717, 1.165) is 54.3 Å². The van der Waals surface area contributed by atoms with Crippen LogP contribution in [0.5, 0.6) is 0 Å². The quantitative estimate of drug-likeness (QED) is 0.686. The molecule has 0 bridgehead atoms. The summed E-state index contributed by atoms with van der Waals surface area (Å²) in [6, 6.07) is 5.70. The highest BCUT2D eigenvalue weighted by Gasteiger charge is 2.22. The van der Waals surface area contributed by atoms with Gasteiger partial charge in [-0.3, -0.25) is 14.7 Å². The SMILES string of the molecule is Cc1ccc(=O)n(CCN2CCCCC2CNc2nc(C)nc3cnccc23)n1. The predicted octanol–water partition coefficient (Wildman–Crippen LogP) is 2.16. The van der Waals surface area contributed by atoms with Crippen molar-refractivity contribution in [1.82, 2.24) is 29.6 Å². The Kier molecular flexibility index (Phi) is 5.80. The molecule has 0 amide bonds. The summed E-state index contributed by atoms with van der Waals surface area (Å²) < 4.78 is 1.57. The first-order chi connectivity index (χ1) is 14.1. The molecule has 29 heavy (non-hydrogen) atoms. The van der Waals surface area contributed by atoms with E-state index in [2.05, 4.69) is 30.3 Å². The Hall–Kier alpha value is -2.87. The lowest BCUT2D eigenvalue weighted by molar-refractivity contribution is 0.148. The minimum atomic E-state index is -0.0428. The normalized spacial score (nSPS) is 17.5. The second-order valence-corrected chi connectivity index (χ2v) is 7.61. The smallest absolute Gasteiger partial charge is 0.266 e. The van der Waals surface area contributed by atoms with E-state index in [1.165, 1.54) is 12.8 Å². The third-order valence-electron chi connectivity index (χ3n) is 5.46. The molecule has 1 aliphatic rings. The maximum atomic E-state index is 12.0. The van der Waals surface area contributed by atoms with E-state index in [1.807, 2.05) is 19.9 Å². The van der Waals surface area contributed by atoms with E-state index in [9.17, 15) is 4.79 Å². The lowest BCUT2D eigenvalue weighted by Crippen LogP contribution is -2.45. The molecule has 3 aromatic rings. The zero-order valence-electron chi connectivity index (χ0n) is 17.0. The Morgan fingerprint density at radius 2 is 2.03 bits per heavy atom. The number of aryl methyl sites for hydroxylation is 2. The second-order valence-electron chi connectivity index (χ2n) is 7.61. The average Bonchev–Trinajstić information content (AvgIpc) is 2.73. The number of likely N-dealkylation sites (tertiary alicyclic amines) is 1. The van der Waals surface area contributed by atoms with Gasteiger partial charge in [-0.25, -0.2) is 14.6 Å². The Morgan fingerprint density at radius 3 is 2.93 bits per heavy atom. The number of pyridine rings is 1. The van der Waals surface area contributed by atoms with Gasteiger partial charge in [0, 0.05) is 36.8 Å². The van der Waals surface area contributed by atoms with Crippen molar-refractivity contribution in [1.29, 1.82) is 0 Å². The average molecular weight is 393 g/mol. The van der Waals surface area contributed by atoms with Crippen molar-refractivity contribution in [2.45, 2.75) is 45.7 Å². The number of nitrogens with zero attached hydrogens (tertiary/aromatic N) is 6. The topological polar surface area (TPSA) is 88.8 Å². The van der Waals surface area contributed by atoms with Gasteiger partial charge in [-0.1, -0.05) is 6.42 Å². The first-order valence-corrected chi connectivity index (χ1v) is 10.2. The molecule has 3 aromatic heterocycles. The summed E-state index contributed by atoms with van der Waals surface area (Å²) >= 11 is 0. The fraction of sp³-hybridized carbons (Fsp3) is 0.476. The summed E-state index contributed by atoms with van der Waals surface area (Å²) in [4.78, 5) is 27.7. The van der Waals surface area contributed by atoms with Crippen LogP contribution in [0.25, 0.3) is 10.9 Å². The molecule has 1 atom stereocenters. The van der Waals surface area contributed by atoms with Crippen molar-refractivity contribution in [3.05, 3.63) is 52.5 Å². The Balaban J connectivity index is 1.45. The summed E-state index contributed by atoms with van der Waals surface area (Å²) in [6.45, 7) is 7.09. The number of nitrogens with one attached hydrogen (secondary N) is 1. The van der Waals surface area contributed by atoms with Crippen molar-refractivity contribution in [2.75, 3.05) is 25.0 Å². The molecule has 0 aliphatic carbocycles. The third-order valence-corrected chi connectivity index (χ3v) is 5.46. The molecular formula is C21H27N7O. The van der Waals surface area contributed by atoms with E-state index in [-0.39, 0.29) is 5.56 Å². The number of hydrogen-bond donors (Lipinski definition) is 1. The van der Waals surface area contributed by atoms with Crippen LogP contribution in [0.1, 0.15) is 30.8 Å². The third kappa shape index (κ3) is 4.59. The highest BCUT2D eigenvalue weighted by atomic mass is 16.1. The van der Waals surface area contributed by atoms with Crippen LogP contribution in [0.4, 0.5) is 5.82 Å². The monoisotopic (exact) mass is 393 g/mol. The summed E-state index contributed by atoms with van der Waals surface area (Å²) in [5, 5.41) is 8.89. The Morgan fingerprint density at radius 1 is 1.14 bits per heavy atom. The maximum absolute atomic E-state index is 12.0. The van der Waals surface area contributed by atoms with Crippen LogP contribution in [-0.2, 0) is 6.54 Å². The van der Waals surface area contributed by atoms with Crippen LogP contribution < -0.4 is 10.9 Å². The van der Waals surface area contributed by atoms with Gasteiger partial charge in [-0.2, -0.15) is 5.10 Å². The largest absolute Gasteiger partial charge is 0.368 e. The number of fused-ring (bicyclic) bond motifs is 1. The number of aromatic nitrogens is 5. The maximum Gasteiger partial charge on any atom is 0.266 e. The van der Waals surface area contributed by atoms with Gasteiger partial charge in [0.2, 0.25) is 0 Å². The number of rotatable bonds is 6. The van der Waals surface area contributed by atoms with Gasteiger partial charge in [0.15, 0.2) is 0 Å². The molecule has 1 fully saturated rings. The minimum Gasteiger partial charge on any atom is -0.368 e. The number of piperidine rings is 1. The molecule has 8 nitrogen and oxygen atoms in total. The molecule has 4 rings (SSSR count). The van der Waals surface area contributed by atoms with Crippen LogP contribution in [-0.4, -0.2) is 55.3 Å². The number of hydrogen-bond acceptors (Lipinski definition) is 7. The zero-order valence-corrected chi connectivity index (χ0v) is 17.0. The van der Waals surface area contributed by atoms with Gasteiger partial charge in [0.05, 0.1) is 24.0 Å². The van der Waals surface area contributed by atoms with Crippen molar-refractivity contribution in [3.8, 4) is 0 Å². The molecular weight excluding hydrogens is 366 g/mol. The minimum absolute atomic E-state index is 0.0428. The second kappa shape index (κ2) is 8.65. The van der Waals surface area contributed by atoms with Crippen LogP contribution in [0.15, 0.2) is 35.4 Å². The van der Waals surface area contributed by atoms with E-state index in [1.54, 1.807) is 29.2 Å². The zero-order chi connectivity index (χ0) is 20.2. The van der Waals surface area contributed by atoms with Gasteiger partial charge < -0.3 is 5.32 Å². The molecule has 4 heterocycles. The van der Waals surface area contributed by atoms with E-state index in [4.69, 9.17) is 0 Å². The van der Waals surface area contributed by atoms with Crippen molar-refractivity contribution >= 4 is 16.7 Å². The van der Waals surface area contributed by atoms with E-state index >= 15 is 0 Å². The predicted molar refractivity (Wildman–Crippen MR) is 113 cm³/mol. The lowest BCUT2D eigenvalue weighted by atomic mass is 10.0. The van der Waals surface area contributed by atoms with Crippen LogP contribution in [0.3, 0.4) is 0 Å². The van der Waals surface area contributed by atoms with Gasteiger partial charge in [0.1, 0.15) is 11.6 Å². The van der Waals surface area contributed by atoms with Crippen LogP contribution in [0, 0.1) is 13.8 Å². The molecule has 0 saturated carbocycles. The summed E-state index contributed by atoms with van der Waals surface area (Å²) in [7, 11) is 0. The molecule has 0 spiro atoms. The van der Waals surface area contributed by atoms with Crippen LogP contribution in [0.2, 0.25) is 0 Å². The van der Waals surface area contributed by atoms with Gasteiger partial charge in [-0.15, -0.1) is 0 Å². The molecule has 0 aromatic carbocycles. The van der Waals surface area contributed by atoms with Gasteiger partial charge in [0.25, 0.3) is 5.56 Å². The highest BCUT2D eigenvalue weighted by molar-refractivity contribution is 5.88. The number of anilines is 1. The van der Waals surface area contributed by atoms with Gasteiger partial charge in [-0.05, 0) is 45.4 Å². The van der Waals surface area contributed by atoms with Gasteiger partial charge >= 0.3 is 0 Å². The summed E-state index contributed by atoms with van der Waals surface area (Å²) in [6.07, 6.45) is 7.08. The summed E-state index contributed by atoms with van der Waals surface area (Å²) in [5.41, 5.74) is 1.67. The molecule has 8 heteroatoms. The van der Waals surface area contributed by atoms with Crippen LogP contribution >= 0.6 is 0 Å². The Bertz CT molecular complexity index is 1050. The molecule has 1 saturated heterocycles. The fourth-order valence-corrected chi connectivity index (χ4v) is 3.97. The molecule has 1 N–H and O–H groups in total. The van der Waals surface area contributed by atoms with Crippen molar-refractivity contribution in [2.24, 2.45) is 0 Å². The first kappa shape index (κ1) is 19.4. The molecule has 1 unspecified atom stereocenters. The lowest BCUT2D eigenvalue weighted by Gasteiger charge is -2.36. The fourth-order valence-electron chi connectivity index (χ4n) is 3.97.